The maximum atomic E-state index is 5.50. The van der Waals surface area contributed by atoms with Crippen molar-refractivity contribution in [3.8, 4) is 0 Å². The molecule has 0 radical (unpaired) electrons. The van der Waals surface area contributed by atoms with E-state index in [4.69, 9.17) is 44.9 Å². The minimum Gasteiger partial charge on any atom is -0.329 e. The predicted molar refractivity (Wildman–Crippen MR) is 51.0 cm³/mol. The molecule has 0 amide bonds. The Morgan fingerprint density at radius 3 is 1.36 bits per heavy atom. The van der Waals surface area contributed by atoms with Crippen molar-refractivity contribution in [3.05, 3.63) is 0 Å². The highest BCUT2D eigenvalue weighted by Gasteiger charge is 2.27. The van der Waals surface area contributed by atoms with Gasteiger partial charge in [-0.1, -0.05) is 34.8 Å². The first kappa shape index (κ1) is 14.0. The van der Waals surface area contributed by atoms with Crippen molar-refractivity contribution in [1.29, 1.82) is 5.41 Å². The van der Waals surface area contributed by atoms with Gasteiger partial charge >= 0.3 is 0 Å². The van der Waals surface area contributed by atoms with Crippen LogP contribution in [0.2, 0.25) is 0 Å². The monoisotopic (exact) mass is 219 g/mol. The summed E-state index contributed by atoms with van der Waals surface area (Å²) in [6, 6.07) is 0. The molecule has 0 aliphatic rings. The summed E-state index contributed by atoms with van der Waals surface area (Å²) in [6.07, 6.45) is 0. The van der Waals surface area contributed by atoms with Crippen molar-refractivity contribution in [3.63, 3.8) is 0 Å². The molecule has 0 spiro atoms. The minimum absolute atomic E-state index is 0.411. The lowest BCUT2D eigenvalue weighted by Crippen LogP contribution is -2.26. The van der Waals surface area contributed by atoms with Crippen LogP contribution >= 0.6 is 34.8 Å². The third-order valence-corrected chi connectivity index (χ3v) is 0.653. The van der Waals surface area contributed by atoms with E-state index in [9.17, 15) is 0 Å². The smallest absolute Gasteiger partial charge is 0.297 e. The molecule has 2 nitrogen and oxygen atoms in total. The average molecular weight is 221 g/mol. The van der Waals surface area contributed by atoms with Crippen LogP contribution < -0.4 is 0 Å². The zero-order valence-corrected chi connectivity index (χ0v) is 9.02. The van der Waals surface area contributed by atoms with Gasteiger partial charge in [0.1, 0.15) is 0 Å². The molecule has 0 aromatic carbocycles. The molecule has 1 N–H and O–H groups in total. The molecule has 5 heteroatoms. The van der Waals surface area contributed by atoms with Gasteiger partial charge in [-0.3, -0.25) is 0 Å². The Balaban J connectivity index is 0. The van der Waals surface area contributed by atoms with Gasteiger partial charge in [-0.25, -0.2) is 0 Å². The molecule has 0 aliphatic carbocycles. The number of nitrogens with one attached hydrogen (secondary N) is 1. The molecule has 0 saturated carbocycles. The maximum absolute atomic E-state index is 5.50. The number of halogens is 3. The Bertz CT molecular complexity index is 93.4. The maximum Gasteiger partial charge on any atom is 0.297 e. The Morgan fingerprint density at radius 1 is 1.09 bits per heavy atom. The number of hydrogen-bond donors (Lipinski definition) is 1. The van der Waals surface area contributed by atoms with Crippen LogP contribution in [0.25, 0.3) is 0 Å². The second kappa shape index (κ2) is 5.20. The number of hydrogen-bond acceptors (Lipinski definition) is 2. The first-order valence-electron chi connectivity index (χ1n) is 2.83. The van der Waals surface area contributed by atoms with Crippen LogP contribution in [0.5, 0.6) is 0 Å². The van der Waals surface area contributed by atoms with Gasteiger partial charge in [-0.2, -0.15) is 0 Å². The first-order chi connectivity index (χ1) is 4.71. The van der Waals surface area contributed by atoms with E-state index in [0.717, 1.165) is 0 Å². The van der Waals surface area contributed by atoms with Crippen molar-refractivity contribution < 1.29 is 4.74 Å². The average Bonchev–Trinajstić information content (AvgIpc) is 1.60. The van der Waals surface area contributed by atoms with Crippen molar-refractivity contribution in [2.24, 2.45) is 0 Å². The summed E-state index contributed by atoms with van der Waals surface area (Å²) in [5.41, 5.74) is -0.411. The summed E-state index contributed by atoms with van der Waals surface area (Å²) in [4.78, 5) is 0. The molecular formula is C6H12Cl3NO. The van der Waals surface area contributed by atoms with E-state index in [2.05, 4.69) is 6.72 Å². The lowest BCUT2D eigenvalue weighted by molar-refractivity contribution is -0.00865. The molecule has 0 bridgehead atoms. The standard InChI is InChI=1S/C5H9Cl3O.CH3N/c1-4(2,3)9-5(6,7)8;1-2/h1-3H3;2H,1H2. The number of ether oxygens (including phenoxy) is 1. The van der Waals surface area contributed by atoms with E-state index >= 15 is 0 Å². The SMILES string of the molecule is C=N.CC(C)(C)OC(Cl)(Cl)Cl. The van der Waals surface area contributed by atoms with Crippen LogP contribution in [0.15, 0.2) is 0 Å². The summed E-state index contributed by atoms with van der Waals surface area (Å²) >= 11 is 16.0. The van der Waals surface area contributed by atoms with E-state index in [0.29, 0.717) is 0 Å². The molecule has 0 heterocycles. The Kier molecular flexibility index (Phi) is 6.64. The fourth-order valence-electron chi connectivity index (χ4n) is 0.347. The van der Waals surface area contributed by atoms with E-state index < -0.39 is 9.58 Å². The van der Waals surface area contributed by atoms with E-state index in [1.807, 2.05) is 20.8 Å². The van der Waals surface area contributed by atoms with Crippen LogP contribution in [0.1, 0.15) is 20.8 Å². The lowest BCUT2D eigenvalue weighted by atomic mass is 10.2. The van der Waals surface area contributed by atoms with Crippen LogP contribution in [-0.2, 0) is 4.74 Å². The Morgan fingerprint density at radius 2 is 1.36 bits per heavy atom. The van der Waals surface area contributed by atoms with E-state index in [1.165, 1.54) is 0 Å². The van der Waals surface area contributed by atoms with Crippen LogP contribution in [-0.4, -0.2) is 16.3 Å². The second-order valence-electron chi connectivity index (χ2n) is 2.66. The molecule has 0 aromatic rings. The second-order valence-corrected chi connectivity index (χ2v) is 4.84. The van der Waals surface area contributed by atoms with E-state index in [1.54, 1.807) is 0 Å². The van der Waals surface area contributed by atoms with Gasteiger partial charge in [-0.05, 0) is 27.5 Å². The lowest BCUT2D eigenvalue weighted by Gasteiger charge is -2.24. The van der Waals surface area contributed by atoms with Crippen LogP contribution in [0.4, 0.5) is 0 Å². The molecule has 0 aliphatic heterocycles. The summed E-state index contributed by atoms with van der Waals surface area (Å²) in [5, 5.41) is 5.50. The summed E-state index contributed by atoms with van der Waals surface area (Å²) < 4.78 is 3.32. The molecular weight excluding hydrogens is 208 g/mol. The van der Waals surface area contributed by atoms with Gasteiger partial charge in [0.2, 0.25) is 0 Å². The molecule has 0 saturated heterocycles. The summed E-state index contributed by atoms with van der Waals surface area (Å²) in [5.74, 6) is 0. The van der Waals surface area contributed by atoms with Gasteiger partial charge in [0, 0.05) is 0 Å². The van der Waals surface area contributed by atoms with Gasteiger partial charge in [0.05, 0.1) is 5.60 Å². The topological polar surface area (TPSA) is 33.1 Å². The summed E-state index contributed by atoms with van der Waals surface area (Å²) in [6.45, 7) is 7.94. The quantitative estimate of drug-likeness (QED) is 0.493. The zero-order valence-electron chi connectivity index (χ0n) is 6.75. The van der Waals surface area contributed by atoms with Crippen LogP contribution in [0, 0.1) is 5.41 Å². The third-order valence-electron chi connectivity index (χ3n) is 0.422. The molecule has 0 rings (SSSR count). The highest BCUT2D eigenvalue weighted by molar-refractivity contribution is 6.66. The van der Waals surface area contributed by atoms with E-state index in [-0.39, 0.29) is 0 Å². The van der Waals surface area contributed by atoms with Crippen molar-refractivity contribution in [1.82, 2.24) is 0 Å². The zero-order chi connectivity index (χ0) is 9.71. The largest absolute Gasteiger partial charge is 0.329 e. The predicted octanol–water partition coefficient (Wildman–Crippen LogP) is 3.39. The van der Waals surface area contributed by atoms with Crippen molar-refractivity contribution >= 4 is 41.5 Å². The third kappa shape index (κ3) is 18.0. The molecule has 0 unspecified atom stereocenters. The van der Waals surface area contributed by atoms with Crippen molar-refractivity contribution in [2.75, 3.05) is 0 Å². The van der Waals surface area contributed by atoms with Gasteiger partial charge in [0.25, 0.3) is 3.98 Å². The number of alkyl halides is 3. The highest BCUT2D eigenvalue weighted by Crippen LogP contribution is 2.32. The van der Waals surface area contributed by atoms with Gasteiger partial charge < -0.3 is 10.1 Å². The van der Waals surface area contributed by atoms with Gasteiger partial charge in [-0.15, -0.1) is 0 Å². The molecule has 11 heavy (non-hydrogen) atoms. The van der Waals surface area contributed by atoms with Crippen molar-refractivity contribution in [2.45, 2.75) is 30.4 Å². The minimum atomic E-state index is -1.60. The van der Waals surface area contributed by atoms with Crippen LogP contribution in [0.3, 0.4) is 0 Å². The molecule has 0 aromatic heterocycles. The molecule has 0 fully saturated rings. The highest BCUT2D eigenvalue weighted by atomic mass is 35.6. The van der Waals surface area contributed by atoms with Gasteiger partial charge in [0.15, 0.2) is 0 Å². The normalized spacial score (nSPS) is 11.8. The number of rotatable bonds is 0. The molecule has 0 atom stereocenters. The Labute approximate surface area is 82.3 Å². The first-order valence-corrected chi connectivity index (χ1v) is 3.96. The summed E-state index contributed by atoms with van der Waals surface area (Å²) in [7, 11) is 0. The fourth-order valence-corrected chi connectivity index (χ4v) is 1.04. The fraction of sp³-hybridized carbons (Fsp3) is 0.833. The Hall–Kier alpha value is 0.500. The molecule has 68 valence electrons.